The number of nitrogens with one attached hydrogen (secondary N) is 1. The van der Waals surface area contributed by atoms with Crippen LogP contribution in [0.25, 0.3) is 0 Å². The van der Waals surface area contributed by atoms with Crippen LogP contribution in [-0.2, 0) is 15.8 Å². The van der Waals surface area contributed by atoms with Crippen molar-refractivity contribution in [1.29, 1.82) is 0 Å². The Hall–Kier alpha value is -3.03. The highest BCUT2D eigenvalue weighted by Crippen LogP contribution is 2.34. The lowest BCUT2D eigenvalue weighted by atomic mass is 10.1. The van der Waals surface area contributed by atoms with Crippen LogP contribution < -0.4 is 15.0 Å². The number of carbonyl (C=O) groups excluding carboxylic acids is 2. The number of amides is 2. The molecule has 5 nitrogen and oxygen atoms in total. The van der Waals surface area contributed by atoms with Crippen LogP contribution in [0.4, 0.5) is 24.5 Å². The second-order valence-corrected chi connectivity index (χ2v) is 6.33. The quantitative estimate of drug-likeness (QED) is 0.786. The summed E-state index contributed by atoms with van der Waals surface area (Å²) in [5.41, 5.74) is -0.959. The van der Waals surface area contributed by atoms with E-state index in [0.29, 0.717) is 11.4 Å². The molecule has 28 heavy (non-hydrogen) atoms. The van der Waals surface area contributed by atoms with Gasteiger partial charge in [0.1, 0.15) is 12.3 Å². The molecule has 2 aromatic rings. The zero-order chi connectivity index (χ0) is 20.9. The molecule has 0 aliphatic rings. The van der Waals surface area contributed by atoms with Gasteiger partial charge in [-0.1, -0.05) is 24.3 Å². The standard InChI is InChI=1S/C20H21F3N2O3/c1-13(2)28-18-11-7-6-10-17(18)25(14(3)26)12-19(27)24-16-9-5-4-8-15(16)20(21,22)23/h4-11,13H,12H2,1-3H3,(H,24,27). The van der Waals surface area contributed by atoms with Gasteiger partial charge in [0.2, 0.25) is 11.8 Å². The maximum absolute atomic E-state index is 13.1. The number of para-hydroxylation sites is 3. The molecule has 150 valence electrons. The first kappa shape index (κ1) is 21.3. The fourth-order valence-electron chi connectivity index (χ4n) is 2.57. The third-order valence-corrected chi connectivity index (χ3v) is 3.71. The number of alkyl halides is 3. The molecule has 0 bridgehead atoms. The lowest BCUT2D eigenvalue weighted by molar-refractivity contribution is -0.137. The first-order valence-electron chi connectivity index (χ1n) is 8.59. The Labute approximate surface area is 161 Å². The Balaban J connectivity index is 2.26. The van der Waals surface area contributed by atoms with Gasteiger partial charge in [0, 0.05) is 6.92 Å². The van der Waals surface area contributed by atoms with E-state index in [0.717, 1.165) is 17.0 Å². The second kappa shape index (κ2) is 8.77. The molecule has 0 unspecified atom stereocenters. The van der Waals surface area contributed by atoms with Crippen molar-refractivity contribution in [2.24, 2.45) is 0 Å². The minimum absolute atomic E-state index is 0.164. The molecular formula is C20H21F3N2O3. The number of ether oxygens (including phenoxy) is 1. The highest BCUT2D eigenvalue weighted by Gasteiger charge is 2.33. The lowest BCUT2D eigenvalue weighted by Gasteiger charge is -2.24. The summed E-state index contributed by atoms with van der Waals surface area (Å²) < 4.78 is 45.0. The van der Waals surface area contributed by atoms with Crippen molar-refractivity contribution in [3.05, 3.63) is 54.1 Å². The van der Waals surface area contributed by atoms with Gasteiger partial charge in [-0.25, -0.2) is 0 Å². The molecule has 0 heterocycles. The summed E-state index contributed by atoms with van der Waals surface area (Å²) in [6.45, 7) is 4.44. The average Bonchev–Trinajstić information content (AvgIpc) is 2.59. The molecule has 0 aromatic heterocycles. The number of hydrogen-bond donors (Lipinski definition) is 1. The van der Waals surface area contributed by atoms with Crippen LogP contribution in [-0.4, -0.2) is 24.5 Å². The Morgan fingerprint density at radius 1 is 1.07 bits per heavy atom. The van der Waals surface area contributed by atoms with Crippen LogP contribution >= 0.6 is 0 Å². The topological polar surface area (TPSA) is 58.6 Å². The maximum atomic E-state index is 13.1. The second-order valence-electron chi connectivity index (χ2n) is 6.33. The van der Waals surface area contributed by atoms with E-state index in [9.17, 15) is 22.8 Å². The minimum Gasteiger partial charge on any atom is -0.489 e. The summed E-state index contributed by atoms with van der Waals surface area (Å²) in [6.07, 6.45) is -4.77. The molecule has 0 aliphatic carbocycles. The van der Waals surface area contributed by atoms with Crippen molar-refractivity contribution in [2.45, 2.75) is 33.1 Å². The zero-order valence-electron chi connectivity index (χ0n) is 15.7. The summed E-state index contributed by atoms with van der Waals surface area (Å²) in [5.74, 6) is -0.804. The van der Waals surface area contributed by atoms with Gasteiger partial charge in [-0.2, -0.15) is 13.2 Å². The van der Waals surface area contributed by atoms with Crippen molar-refractivity contribution in [3.63, 3.8) is 0 Å². The maximum Gasteiger partial charge on any atom is 0.418 e. The predicted molar refractivity (Wildman–Crippen MR) is 100 cm³/mol. The normalized spacial score (nSPS) is 11.2. The molecule has 0 aliphatic heterocycles. The Kier molecular flexibility index (Phi) is 6.66. The minimum atomic E-state index is -4.61. The molecule has 8 heteroatoms. The van der Waals surface area contributed by atoms with Crippen molar-refractivity contribution in [1.82, 2.24) is 0 Å². The average molecular weight is 394 g/mol. The van der Waals surface area contributed by atoms with E-state index in [-0.39, 0.29) is 11.8 Å². The van der Waals surface area contributed by atoms with Crippen LogP contribution in [0.2, 0.25) is 0 Å². The molecule has 0 saturated heterocycles. The van der Waals surface area contributed by atoms with Crippen molar-refractivity contribution in [3.8, 4) is 5.75 Å². The molecular weight excluding hydrogens is 373 g/mol. The third-order valence-electron chi connectivity index (χ3n) is 3.71. The Morgan fingerprint density at radius 2 is 1.68 bits per heavy atom. The molecule has 1 N–H and O–H groups in total. The summed E-state index contributed by atoms with van der Waals surface area (Å²) in [4.78, 5) is 25.7. The van der Waals surface area contributed by atoms with Gasteiger partial charge in [0.25, 0.3) is 0 Å². The van der Waals surface area contributed by atoms with Crippen molar-refractivity contribution >= 4 is 23.2 Å². The van der Waals surface area contributed by atoms with E-state index < -0.39 is 30.1 Å². The summed E-state index contributed by atoms with van der Waals surface area (Å²) in [7, 11) is 0. The van der Waals surface area contributed by atoms with Crippen LogP contribution in [0.5, 0.6) is 5.75 Å². The van der Waals surface area contributed by atoms with E-state index in [2.05, 4.69) is 5.32 Å². The van der Waals surface area contributed by atoms with E-state index in [1.54, 1.807) is 24.3 Å². The fourth-order valence-corrected chi connectivity index (χ4v) is 2.57. The van der Waals surface area contributed by atoms with Gasteiger partial charge in [-0.3, -0.25) is 14.5 Å². The smallest absolute Gasteiger partial charge is 0.418 e. The largest absolute Gasteiger partial charge is 0.489 e. The number of anilines is 2. The van der Waals surface area contributed by atoms with Gasteiger partial charge >= 0.3 is 6.18 Å². The first-order chi connectivity index (χ1) is 13.1. The number of halogens is 3. The van der Waals surface area contributed by atoms with Gasteiger partial charge in [-0.05, 0) is 38.1 Å². The number of rotatable bonds is 6. The van der Waals surface area contributed by atoms with Gasteiger partial charge in [-0.15, -0.1) is 0 Å². The monoisotopic (exact) mass is 394 g/mol. The van der Waals surface area contributed by atoms with E-state index in [1.807, 2.05) is 13.8 Å². The Morgan fingerprint density at radius 3 is 2.29 bits per heavy atom. The lowest BCUT2D eigenvalue weighted by Crippen LogP contribution is -2.37. The van der Waals surface area contributed by atoms with E-state index >= 15 is 0 Å². The van der Waals surface area contributed by atoms with Crippen LogP contribution in [0, 0.1) is 0 Å². The van der Waals surface area contributed by atoms with E-state index in [4.69, 9.17) is 4.74 Å². The predicted octanol–water partition coefficient (Wildman–Crippen LogP) is 4.48. The summed E-state index contributed by atoms with van der Waals surface area (Å²) >= 11 is 0. The molecule has 0 atom stereocenters. The molecule has 0 radical (unpaired) electrons. The molecule has 2 amide bonds. The zero-order valence-corrected chi connectivity index (χ0v) is 15.7. The molecule has 0 fully saturated rings. The van der Waals surface area contributed by atoms with Crippen LogP contribution in [0.1, 0.15) is 26.3 Å². The van der Waals surface area contributed by atoms with Gasteiger partial charge in [0.05, 0.1) is 23.0 Å². The number of carbonyl (C=O) groups is 2. The van der Waals surface area contributed by atoms with Crippen LogP contribution in [0.15, 0.2) is 48.5 Å². The summed E-state index contributed by atoms with van der Waals surface area (Å²) in [6, 6.07) is 11.3. The molecule has 0 saturated carbocycles. The molecule has 2 rings (SSSR count). The highest BCUT2D eigenvalue weighted by molar-refractivity contribution is 6.02. The SMILES string of the molecule is CC(=O)N(CC(=O)Nc1ccccc1C(F)(F)F)c1ccccc1OC(C)C. The van der Waals surface area contributed by atoms with Crippen LogP contribution in [0.3, 0.4) is 0 Å². The summed E-state index contributed by atoms with van der Waals surface area (Å²) in [5, 5.41) is 2.24. The Bertz CT molecular complexity index is 851. The first-order valence-corrected chi connectivity index (χ1v) is 8.59. The molecule has 0 spiro atoms. The van der Waals surface area contributed by atoms with Gasteiger partial charge < -0.3 is 10.1 Å². The van der Waals surface area contributed by atoms with Crippen molar-refractivity contribution in [2.75, 3.05) is 16.8 Å². The number of benzene rings is 2. The van der Waals surface area contributed by atoms with Gasteiger partial charge in [0.15, 0.2) is 0 Å². The van der Waals surface area contributed by atoms with E-state index in [1.165, 1.54) is 19.1 Å². The highest BCUT2D eigenvalue weighted by atomic mass is 19.4. The number of hydrogen-bond acceptors (Lipinski definition) is 3. The fraction of sp³-hybridized carbons (Fsp3) is 0.300. The van der Waals surface area contributed by atoms with Crippen molar-refractivity contribution < 1.29 is 27.5 Å². The molecule has 2 aromatic carbocycles. The third kappa shape index (κ3) is 5.48. The number of nitrogens with zero attached hydrogens (tertiary/aromatic N) is 1.